The number of carbonyl (C=O) groups is 3. The predicted octanol–water partition coefficient (Wildman–Crippen LogP) is 11.9. The molecule has 8 aromatic rings. The molecule has 0 unspecified atom stereocenters. The van der Waals surface area contributed by atoms with Crippen molar-refractivity contribution in [2.45, 2.75) is 58.9 Å². The third kappa shape index (κ3) is 12.2. The lowest BCUT2D eigenvalue weighted by Gasteiger charge is -2.28. The fourth-order valence-corrected chi connectivity index (χ4v) is 10.6. The van der Waals surface area contributed by atoms with Crippen LogP contribution in [0.15, 0.2) is 113 Å². The highest BCUT2D eigenvalue weighted by Gasteiger charge is 2.28. The molecule has 4 aromatic heterocycles. The van der Waals surface area contributed by atoms with Crippen LogP contribution in [0.1, 0.15) is 77.7 Å². The molecule has 0 bridgehead atoms. The fraction of sp³-hybridized carbons (Fsp3) is 0.304. The second kappa shape index (κ2) is 24.6. The number of thiazole rings is 2. The fourth-order valence-electron chi connectivity index (χ4n) is 8.95. The van der Waals surface area contributed by atoms with Crippen LogP contribution in [0.4, 0.5) is 13.2 Å². The lowest BCUT2D eigenvalue weighted by atomic mass is 9.93. The smallest absolute Gasteiger partial charge is 0.295 e. The van der Waals surface area contributed by atoms with Gasteiger partial charge in [-0.3, -0.25) is 19.1 Å². The number of benzene rings is 4. The Morgan fingerprint density at radius 2 is 1.45 bits per heavy atom. The molecule has 0 fully saturated rings. The number of ether oxygens (including phenoxy) is 2. The summed E-state index contributed by atoms with van der Waals surface area (Å²) in [5.74, 6) is -0.0824. The Balaban J connectivity index is 0.000000193. The number of hydrogen-bond donors (Lipinski definition) is 0. The number of aromatic nitrogens is 5. The SMILES string of the molecule is CC.COc1ccccc1-c1cc(C(=O)N(C)C)cc2sc(C3=CCCN(C(=O)CCc4nccs4)C3)nc12.COc1ccccc1-c1cc(C2=CCCN(C(=O)CCn3ccnn3)C2)c(F)c2cc(C(F)F)oc12. The maximum absolute atomic E-state index is 15.8. The Bertz CT molecular complexity index is 3350. The van der Waals surface area contributed by atoms with Crippen LogP contribution in [-0.2, 0) is 22.6 Å². The van der Waals surface area contributed by atoms with Crippen molar-refractivity contribution >= 4 is 72.7 Å². The first kappa shape index (κ1) is 53.6. The number of amides is 3. The molecular weight excluding hydrogens is 1000 g/mol. The van der Waals surface area contributed by atoms with E-state index in [1.165, 1.54) is 7.11 Å². The summed E-state index contributed by atoms with van der Waals surface area (Å²) in [4.78, 5) is 53.2. The summed E-state index contributed by atoms with van der Waals surface area (Å²) < 4.78 is 61.7. The lowest BCUT2D eigenvalue weighted by molar-refractivity contribution is -0.131. The number of fused-ring (bicyclic) bond motifs is 2. The highest BCUT2D eigenvalue weighted by molar-refractivity contribution is 7.19. The highest BCUT2D eigenvalue weighted by Crippen LogP contribution is 2.43. The van der Waals surface area contributed by atoms with Crippen molar-refractivity contribution in [2.75, 3.05) is 54.5 Å². The number of aryl methyl sites for hydroxylation is 2. The van der Waals surface area contributed by atoms with E-state index in [1.54, 1.807) is 107 Å². The molecule has 0 radical (unpaired) electrons. The molecule has 0 atom stereocenters. The van der Waals surface area contributed by atoms with Crippen molar-refractivity contribution < 1.29 is 41.4 Å². The number of furan rings is 1. The Morgan fingerprint density at radius 1 is 0.800 bits per heavy atom. The van der Waals surface area contributed by atoms with Crippen molar-refractivity contribution in [1.29, 1.82) is 0 Å². The van der Waals surface area contributed by atoms with Crippen molar-refractivity contribution in [2.24, 2.45) is 0 Å². The average Bonchev–Trinajstić information content (AvgIpc) is 4.32. The quantitative estimate of drug-likeness (QED) is 0.103. The minimum atomic E-state index is -2.89. The van der Waals surface area contributed by atoms with Gasteiger partial charge in [-0.05, 0) is 54.8 Å². The number of methoxy groups -OCH3 is 2. The Kier molecular flexibility index (Phi) is 17.6. The van der Waals surface area contributed by atoms with E-state index in [0.717, 1.165) is 55.2 Å². The van der Waals surface area contributed by atoms with Crippen LogP contribution in [0.3, 0.4) is 0 Å². The summed E-state index contributed by atoms with van der Waals surface area (Å²) in [6.45, 7) is 6.33. The van der Waals surface area contributed by atoms with E-state index in [4.69, 9.17) is 18.9 Å². The zero-order valence-corrected chi connectivity index (χ0v) is 44.2. The summed E-state index contributed by atoms with van der Waals surface area (Å²) in [5.41, 5.74) is 6.09. The van der Waals surface area contributed by atoms with Gasteiger partial charge in [0, 0.05) is 116 Å². The molecule has 0 aliphatic carbocycles. The Morgan fingerprint density at radius 3 is 2.08 bits per heavy atom. The van der Waals surface area contributed by atoms with Gasteiger partial charge in [-0.1, -0.05) is 67.6 Å². The molecular formula is C56H57F3N8O6S2. The molecule has 75 heavy (non-hydrogen) atoms. The summed E-state index contributed by atoms with van der Waals surface area (Å²) >= 11 is 3.14. The predicted molar refractivity (Wildman–Crippen MR) is 288 cm³/mol. The maximum Gasteiger partial charge on any atom is 0.295 e. The Labute approximate surface area is 440 Å². The first-order valence-electron chi connectivity index (χ1n) is 24.5. The number of rotatable bonds is 14. The van der Waals surface area contributed by atoms with E-state index in [2.05, 4.69) is 21.4 Å². The van der Waals surface area contributed by atoms with Gasteiger partial charge < -0.3 is 28.6 Å². The number of alkyl halides is 2. The van der Waals surface area contributed by atoms with E-state index in [9.17, 15) is 23.2 Å². The van der Waals surface area contributed by atoms with Crippen molar-refractivity contribution in [3.63, 3.8) is 0 Å². The van der Waals surface area contributed by atoms with Crippen LogP contribution >= 0.6 is 22.7 Å². The largest absolute Gasteiger partial charge is 0.496 e. The van der Waals surface area contributed by atoms with Crippen LogP contribution in [0.25, 0.3) is 54.6 Å². The molecule has 14 nitrogen and oxygen atoms in total. The van der Waals surface area contributed by atoms with Crippen LogP contribution < -0.4 is 9.47 Å². The van der Waals surface area contributed by atoms with Gasteiger partial charge in [-0.2, -0.15) is 0 Å². The van der Waals surface area contributed by atoms with E-state index in [1.807, 2.05) is 66.6 Å². The minimum absolute atomic E-state index is 0.0215. The van der Waals surface area contributed by atoms with Gasteiger partial charge in [0.15, 0.2) is 5.76 Å². The zero-order valence-electron chi connectivity index (χ0n) is 42.5. The second-order valence-corrected chi connectivity index (χ2v) is 19.5. The number of hydrogen-bond acceptors (Lipinski definition) is 12. The first-order valence-corrected chi connectivity index (χ1v) is 26.2. The molecule has 6 heterocycles. The van der Waals surface area contributed by atoms with Gasteiger partial charge in [0.25, 0.3) is 12.3 Å². The van der Waals surface area contributed by atoms with Crippen LogP contribution in [0, 0.1) is 5.82 Å². The van der Waals surface area contributed by atoms with E-state index < -0.39 is 18.0 Å². The number of nitrogens with zero attached hydrogens (tertiary/aromatic N) is 8. The molecule has 4 aromatic carbocycles. The zero-order chi connectivity index (χ0) is 53.2. The monoisotopic (exact) mass is 1060 g/mol. The van der Waals surface area contributed by atoms with Crippen LogP contribution in [0.5, 0.6) is 11.5 Å². The normalized spacial score (nSPS) is 13.4. The average molecular weight is 1060 g/mol. The summed E-state index contributed by atoms with van der Waals surface area (Å²) in [5, 5.41) is 11.3. The summed E-state index contributed by atoms with van der Waals surface area (Å²) in [6, 6.07) is 21.3. The van der Waals surface area contributed by atoms with Gasteiger partial charge in [-0.15, -0.1) is 27.8 Å². The third-order valence-electron chi connectivity index (χ3n) is 12.6. The molecule has 0 saturated heterocycles. The van der Waals surface area contributed by atoms with Gasteiger partial charge in [-0.25, -0.2) is 23.1 Å². The number of carbonyl (C=O) groups excluding carboxylic acids is 3. The van der Waals surface area contributed by atoms with Crippen molar-refractivity contribution in [3.8, 4) is 33.8 Å². The molecule has 0 spiro atoms. The molecule has 0 saturated carbocycles. The minimum Gasteiger partial charge on any atom is -0.496 e. The van der Waals surface area contributed by atoms with E-state index in [0.29, 0.717) is 73.5 Å². The van der Waals surface area contributed by atoms with Gasteiger partial charge in [0.05, 0.1) is 47.6 Å². The third-order valence-corrected chi connectivity index (χ3v) is 14.5. The topological polar surface area (TPSA) is 149 Å². The molecule has 19 heteroatoms. The van der Waals surface area contributed by atoms with Crippen molar-refractivity contribution in [1.82, 2.24) is 39.7 Å². The van der Waals surface area contributed by atoms with Crippen LogP contribution in [0.2, 0.25) is 0 Å². The van der Waals surface area contributed by atoms with E-state index >= 15 is 4.39 Å². The van der Waals surface area contributed by atoms with Crippen molar-refractivity contribution in [3.05, 3.63) is 142 Å². The van der Waals surface area contributed by atoms with Gasteiger partial charge >= 0.3 is 0 Å². The van der Waals surface area contributed by atoms with Crippen LogP contribution in [-0.4, -0.2) is 112 Å². The number of halogens is 3. The van der Waals surface area contributed by atoms with Gasteiger partial charge in [0.2, 0.25) is 11.8 Å². The number of para-hydroxylation sites is 2. The molecule has 0 N–H and O–H groups in total. The first-order chi connectivity index (χ1) is 36.4. The van der Waals surface area contributed by atoms with Gasteiger partial charge in [0.1, 0.15) is 27.9 Å². The molecule has 390 valence electrons. The molecule has 2 aliphatic heterocycles. The molecule has 3 amide bonds. The van der Waals surface area contributed by atoms with E-state index in [-0.39, 0.29) is 47.2 Å². The molecule has 10 rings (SSSR count). The lowest BCUT2D eigenvalue weighted by Crippen LogP contribution is -2.36. The Hall–Kier alpha value is -7.64. The highest BCUT2D eigenvalue weighted by atomic mass is 32.1. The summed E-state index contributed by atoms with van der Waals surface area (Å²) in [7, 11) is 6.64. The second-order valence-electron chi connectivity index (χ2n) is 17.5. The maximum atomic E-state index is 15.8. The molecule has 2 aliphatic rings. The standard InChI is InChI=1S/C28H28N4O3S2.C26H23F3N4O3.C2H6/c1-31(2)28(34)19-15-21(20-8-4-5-9-22(20)35-3)26-23(16-19)37-27(30-26)18-7-6-13-32(17-18)25(33)11-10-24-29-12-14-36-24;1-35-21-7-3-2-6-17(21)19-13-18(24(27)20-14-22(26(28)29)36-25(19)20)16-5-4-10-32(15-16)23(34)8-11-33-12-9-30-31-33;1-2/h4-5,7-9,12,14-16H,6,10-11,13,17H2,1-3H3;2-3,5-7,9,12-14,26H,4,8,10-11,15H2,1H3;1-2H3. The summed E-state index contributed by atoms with van der Waals surface area (Å²) in [6.07, 6.45) is 8.84.